The van der Waals surface area contributed by atoms with Gasteiger partial charge in [0.15, 0.2) is 0 Å². The number of hydroxylamine groups is 2. The van der Waals surface area contributed by atoms with Gasteiger partial charge >= 0.3 is 24.5 Å². The highest BCUT2D eigenvalue weighted by Gasteiger charge is 2.33. The first-order valence-corrected chi connectivity index (χ1v) is 8.33. The number of benzene rings is 2. The van der Waals surface area contributed by atoms with E-state index in [9.17, 15) is 35.9 Å². The lowest BCUT2D eigenvalue weighted by Crippen LogP contribution is -2.50. The number of rotatable bonds is 4. The molecule has 0 aliphatic rings. The highest BCUT2D eigenvalue weighted by atomic mass is 19.4. The molecule has 0 bridgehead atoms. The van der Waals surface area contributed by atoms with Crippen molar-refractivity contribution in [2.75, 3.05) is 14.2 Å². The van der Waals surface area contributed by atoms with Crippen molar-refractivity contribution in [3.05, 3.63) is 59.7 Å². The fourth-order valence-electron chi connectivity index (χ4n) is 2.15. The first kappa shape index (κ1) is 24.7. The Balaban J connectivity index is 2.09. The van der Waals surface area contributed by atoms with Crippen LogP contribution in [0, 0.1) is 0 Å². The zero-order valence-electron chi connectivity index (χ0n) is 16.2. The van der Waals surface area contributed by atoms with Gasteiger partial charge in [0, 0.05) is 0 Å². The Morgan fingerprint density at radius 1 is 0.625 bits per heavy atom. The van der Waals surface area contributed by atoms with Crippen molar-refractivity contribution in [3.8, 4) is 11.5 Å². The minimum atomic E-state index is -4.60. The van der Waals surface area contributed by atoms with Gasteiger partial charge in [-0.05, 0) is 48.5 Å². The first-order valence-electron chi connectivity index (χ1n) is 8.33. The largest absolute Gasteiger partial charge is 0.461 e. The van der Waals surface area contributed by atoms with Crippen LogP contribution in [0.5, 0.6) is 11.5 Å². The molecular weight excluding hydrogens is 454 g/mol. The van der Waals surface area contributed by atoms with Crippen molar-refractivity contribution < 1.29 is 55.1 Å². The normalized spacial score (nSPS) is 11.6. The predicted molar refractivity (Wildman–Crippen MR) is 92.6 cm³/mol. The van der Waals surface area contributed by atoms with Gasteiger partial charge in [-0.1, -0.05) is 10.3 Å². The quantitative estimate of drug-likeness (QED) is 0.461. The van der Waals surface area contributed by atoms with Gasteiger partial charge in [0.05, 0.1) is 25.3 Å². The van der Waals surface area contributed by atoms with Crippen LogP contribution in [0.15, 0.2) is 48.5 Å². The van der Waals surface area contributed by atoms with Gasteiger partial charge in [-0.25, -0.2) is 19.3 Å². The topological polar surface area (TPSA) is 77.5 Å². The number of hydrogen-bond donors (Lipinski definition) is 0. The molecule has 0 spiro atoms. The van der Waals surface area contributed by atoms with E-state index in [0.29, 0.717) is 24.3 Å². The molecule has 174 valence electrons. The third-order valence-electron chi connectivity index (χ3n) is 3.60. The summed E-state index contributed by atoms with van der Waals surface area (Å²) < 4.78 is 85.2. The maximum Gasteiger partial charge on any atom is 0.461 e. The van der Waals surface area contributed by atoms with Crippen LogP contribution < -0.4 is 9.47 Å². The Kier molecular flexibility index (Phi) is 7.53. The molecule has 0 radical (unpaired) electrons. The second-order valence-electron chi connectivity index (χ2n) is 5.69. The molecule has 0 N–H and O–H groups in total. The van der Waals surface area contributed by atoms with Crippen LogP contribution in [-0.2, 0) is 22.0 Å². The number of amides is 2. The Morgan fingerprint density at radius 2 is 0.906 bits per heavy atom. The first-order chi connectivity index (χ1) is 14.9. The number of hydrogen-bond acceptors (Lipinski definition) is 6. The van der Waals surface area contributed by atoms with Gasteiger partial charge < -0.3 is 9.47 Å². The summed E-state index contributed by atoms with van der Waals surface area (Å²) >= 11 is 0. The van der Waals surface area contributed by atoms with Crippen LogP contribution in [0.4, 0.5) is 35.9 Å². The molecule has 0 saturated heterocycles. The summed E-state index contributed by atoms with van der Waals surface area (Å²) in [4.78, 5) is 33.8. The van der Waals surface area contributed by atoms with Crippen LogP contribution in [0.1, 0.15) is 11.1 Å². The lowest BCUT2D eigenvalue weighted by molar-refractivity contribution is -0.333. The molecule has 0 aromatic heterocycles. The molecule has 0 heterocycles. The number of nitrogens with zero attached hydrogens (tertiary/aromatic N) is 2. The van der Waals surface area contributed by atoms with Gasteiger partial charge in [0.1, 0.15) is 11.5 Å². The molecule has 14 heteroatoms. The Morgan fingerprint density at radius 3 is 1.12 bits per heavy atom. The molecule has 8 nitrogen and oxygen atoms in total. The molecule has 0 fully saturated rings. The fraction of sp³-hybridized carbons (Fsp3) is 0.222. The van der Waals surface area contributed by atoms with Crippen molar-refractivity contribution in [2.24, 2.45) is 0 Å². The van der Waals surface area contributed by atoms with Gasteiger partial charge in [-0.2, -0.15) is 26.3 Å². The number of carbonyl (C=O) groups is 2. The lowest BCUT2D eigenvalue weighted by atomic mass is 10.2. The maximum absolute atomic E-state index is 12.6. The summed E-state index contributed by atoms with van der Waals surface area (Å²) in [5.74, 6) is -0.644. The number of alkyl halides is 6. The zero-order valence-corrected chi connectivity index (χ0v) is 16.2. The molecule has 0 aliphatic carbocycles. The van der Waals surface area contributed by atoms with Crippen LogP contribution in [-0.4, -0.2) is 36.8 Å². The molecule has 2 rings (SSSR count). The number of carbonyl (C=O) groups excluding carboxylic acids is 2. The van der Waals surface area contributed by atoms with Crippen LogP contribution in [0.3, 0.4) is 0 Å². The van der Waals surface area contributed by atoms with Crippen LogP contribution in [0.25, 0.3) is 0 Å². The van der Waals surface area contributed by atoms with E-state index in [1.807, 2.05) is 0 Å². The SMILES string of the molecule is CON(C(=O)Oc1ccc(C(F)(F)F)cc1)N(OC)C(=O)Oc1ccc(C(F)(F)F)cc1. The van der Waals surface area contributed by atoms with Crippen molar-refractivity contribution in [1.82, 2.24) is 10.3 Å². The van der Waals surface area contributed by atoms with Gasteiger partial charge in [-0.3, -0.25) is 0 Å². The van der Waals surface area contributed by atoms with Crippen molar-refractivity contribution in [2.45, 2.75) is 12.4 Å². The molecule has 2 amide bonds. The molecule has 0 aliphatic heterocycles. The van der Waals surface area contributed by atoms with Crippen molar-refractivity contribution >= 4 is 12.2 Å². The van der Waals surface area contributed by atoms with E-state index in [2.05, 4.69) is 9.68 Å². The monoisotopic (exact) mass is 468 g/mol. The van der Waals surface area contributed by atoms with E-state index < -0.39 is 35.7 Å². The molecule has 0 atom stereocenters. The Bertz CT molecular complexity index is 853. The smallest absolute Gasteiger partial charge is 0.407 e. The summed E-state index contributed by atoms with van der Waals surface area (Å²) in [6.45, 7) is 0. The van der Waals surface area contributed by atoms with Gasteiger partial charge in [-0.15, -0.1) is 0 Å². The lowest BCUT2D eigenvalue weighted by Gasteiger charge is -2.27. The Labute approximate surface area is 176 Å². The van der Waals surface area contributed by atoms with Gasteiger partial charge in [0.25, 0.3) is 0 Å². The van der Waals surface area contributed by atoms with Gasteiger partial charge in [0.2, 0.25) is 0 Å². The molecule has 2 aromatic rings. The molecular formula is C18H14F6N2O6. The number of halogens is 6. The molecule has 2 aromatic carbocycles. The average molecular weight is 468 g/mol. The summed E-state index contributed by atoms with van der Waals surface area (Å²) in [6, 6.07) is 6.05. The average Bonchev–Trinajstić information content (AvgIpc) is 2.71. The second-order valence-corrected chi connectivity index (χ2v) is 5.69. The van der Waals surface area contributed by atoms with Crippen LogP contribution in [0.2, 0.25) is 0 Å². The van der Waals surface area contributed by atoms with Crippen molar-refractivity contribution in [1.29, 1.82) is 0 Å². The molecule has 0 unspecified atom stereocenters. The van der Waals surface area contributed by atoms with E-state index in [0.717, 1.165) is 38.5 Å². The van der Waals surface area contributed by atoms with E-state index in [1.165, 1.54) is 0 Å². The molecule has 32 heavy (non-hydrogen) atoms. The highest BCUT2D eigenvalue weighted by Crippen LogP contribution is 2.31. The Hall–Kier alpha value is -3.52. The van der Waals surface area contributed by atoms with E-state index in [4.69, 9.17) is 9.47 Å². The summed E-state index contributed by atoms with van der Waals surface area (Å²) in [5, 5.41) is 0.230. The van der Waals surface area contributed by atoms with E-state index in [1.54, 1.807) is 0 Å². The highest BCUT2D eigenvalue weighted by molar-refractivity contribution is 5.75. The second kappa shape index (κ2) is 9.74. The third kappa shape index (κ3) is 6.24. The zero-order chi connectivity index (χ0) is 24.1. The van der Waals surface area contributed by atoms with Crippen molar-refractivity contribution in [3.63, 3.8) is 0 Å². The maximum atomic E-state index is 12.6. The number of ether oxygens (including phenoxy) is 2. The third-order valence-corrected chi connectivity index (χ3v) is 3.60. The summed E-state index contributed by atoms with van der Waals surface area (Å²) in [7, 11) is 1.84. The predicted octanol–water partition coefficient (Wildman–Crippen LogP) is 5.06. The summed E-state index contributed by atoms with van der Waals surface area (Å²) in [6.07, 6.45) is -12.0. The minimum Gasteiger partial charge on any atom is -0.407 e. The van der Waals surface area contributed by atoms with E-state index in [-0.39, 0.29) is 21.8 Å². The standard InChI is InChI=1S/C18H14F6N2O6/c1-29-25(15(27)31-13-7-3-11(4-8-13)17(19,20)21)26(30-2)16(28)32-14-9-5-12(6-10-14)18(22,23)24/h3-10H,1-2H3. The fourth-order valence-corrected chi connectivity index (χ4v) is 2.15. The van der Waals surface area contributed by atoms with E-state index >= 15 is 0 Å². The number of hydrazine groups is 1. The minimum absolute atomic E-state index is 0.115. The molecule has 0 saturated carbocycles. The summed E-state index contributed by atoms with van der Waals surface area (Å²) in [5.41, 5.74) is -1.97. The van der Waals surface area contributed by atoms with Crippen LogP contribution >= 0.6 is 0 Å².